The summed E-state index contributed by atoms with van der Waals surface area (Å²) in [4.78, 5) is 36.0. The molecular formula is C28H35F2N5O2. The van der Waals surface area contributed by atoms with Gasteiger partial charge in [-0.3, -0.25) is 19.5 Å². The summed E-state index contributed by atoms with van der Waals surface area (Å²) in [6.45, 7) is 9.28. The molecule has 1 N–H and O–H groups in total. The lowest BCUT2D eigenvalue weighted by Gasteiger charge is -2.41. The number of anilines is 1. The number of alkyl halides is 2. The van der Waals surface area contributed by atoms with Gasteiger partial charge in [-0.25, -0.2) is 0 Å². The normalized spacial score (nSPS) is 24.0. The quantitative estimate of drug-likeness (QED) is 0.646. The van der Waals surface area contributed by atoms with E-state index in [1.54, 1.807) is 23.1 Å². The molecule has 0 bridgehead atoms. The number of nitrogens with one attached hydrogen (secondary N) is 1. The third-order valence-corrected chi connectivity index (χ3v) is 7.82. The van der Waals surface area contributed by atoms with E-state index < -0.39 is 11.3 Å². The minimum atomic E-state index is -3.23. The van der Waals surface area contributed by atoms with E-state index in [0.717, 1.165) is 13.0 Å². The predicted molar refractivity (Wildman–Crippen MR) is 138 cm³/mol. The lowest BCUT2D eigenvalue weighted by molar-refractivity contribution is -0.128. The van der Waals surface area contributed by atoms with Crippen molar-refractivity contribution >= 4 is 17.5 Å². The Morgan fingerprint density at radius 3 is 2.68 bits per heavy atom. The number of likely N-dealkylation sites (tertiary alicyclic amines) is 1. The van der Waals surface area contributed by atoms with Crippen LogP contribution in [0, 0.1) is 0 Å². The summed E-state index contributed by atoms with van der Waals surface area (Å²) in [5.41, 5.74) is 0.318. The maximum absolute atomic E-state index is 15.4. The van der Waals surface area contributed by atoms with Crippen molar-refractivity contribution in [1.29, 1.82) is 0 Å². The van der Waals surface area contributed by atoms with Crippen LogP contribution in [-0.2, 0) is 20.9 Å². The highest BCUT2D eigenvalue weighted by Crippen LogP contribution is 2.43. The Kier molecular flexibility index (Phi) is 6.79. The number of rotatable bonds is 6. The molecule has 198 valence electrons. The fourth-order valence-electron chi connectivity index (χ4n) is 5.76. The Balaban J connectivity index is 1.39. The number of carbonyl (C=O) groups excluding carboxylic acids is 2. The first-order chi connectivity index (χ1) is 17.6. The first-order valence-electron chi connectivity index (χ1n) is 13.1. The largest absolute Gasteiger partial charge is 0.341 e. The molecule has 3 aliphatic heterocycles. The van der Waals surface area contributed by atoms with E-state index in [1.165, 1.54) is 24.4 Å². The number of carbonyl (C=O) groups is 2. The van der Waals surface area contributed by atoms with E-state index in [9.17, 15) is 9.59 Å². The van der Waals surface area contributed by atoms with Crippen LogP contribution in [-0.4, -0.2) is 78.0 Å². The molecule has 0 aliphatic carbocycles. The Bertz CT molecular complexity index is 1170. The lowest BCUT2D eigenvalue weighted by atomic mass is 9.90. The van der Waals surface area contributed by atoms with Gasteiger partial charge in [0.25, 0.3) is 5.92 Å². The molecule has 9 heteroatoms. The van der Waals surface area contributed by atoms with Gasteiger partial charge in [-0.05, 0) is 19.4 Å². The molecule has 0 saturated carbocycles. The standard InChI is InChI=1S/C28H35F2N5O2/c1-19-15-34(22(14-31-19)16-33-11-7-10-24(33)36)17-25(37)35-18-27(2,3)26-23(35)12-21(13-32-26)28(29,30)20-8-5-4-6-9-20/h4-6,8-9,12-13,19,22,31H,7,10-11,14-18H2,1-3H3/t19-,22-/m1/s1. The van der Waals surface area contributed by atoms with Crippen LogP contribution in [0.3, 0.4) is 0 Å². The maximum atomic E-state index is 15.4. The van der Waals surface area contributed by atoms with Gasteiger partial charge in [-0.15, -0.1) is 0 Å². The van der Waals surface area contributed by atoms with E-state index in [0.29, 0.717) is 44.0 Å². The molecule has 7 nitrogen and oxygen atoms in total. The molecule has 2 atom stereocenters. The van der Waals surface area contributed by atoms with Crippen LogP contribution in [0.2, 0.25) is 0 Å². The van der Waals surface area contributed by atoms with Gasteiger partial charge >= 0.3 is 0 Å². The number of piperazine rings is 1. The minimum Gasteiger partial charge on any atom is -0.341 e. The molecule has 0 spiro atoms. The Labute approximate surface area is 216 Å². The van der Waals surface area contributed by atoms with E-state index in [-0.39, 0.29) is 41.6 Å². The molecule has 0 unspecified atom stereocenters. The van der Waals surface area contributed by atoms with Gasteiger partial charge in [0.05, 0.1) is 17.9 Å². The molecule has 1 aromatic carbocycles. The van der Waals surface area contributed by atoms with Crippen LogP contribution in [0.4, 0.5) is 14.5 Å². The highest BCUT2D eigenvalue weighted by Gasteiger charge is 2.43. The summed E-state index contributed by atoms with van der Waals surface area (Å²) in [7, 11) is 0. The van der Waals surface area contributed by atoms with Crippen LogP contribution in [0.5, 0.6) is 0 Å². The summed E-state index contributed by atoms with van der Waals surface area (Å²) < 4.78 is 30.8. The number of benzene rings is 1. The number of fused-ring (bicyclic) bond motifs is 1. The fourth-order valence-corrected chi connectivity index (χ4v) is 5.76. The van der Waals surface area contributed by atoms with Crippen molar-refractivity contribution in [3.05, 3.63) is 59.4 Å². The monoisotopic (exact) mass is 511 g/mol. The van der Waals surface area contributed by atoms with Crippen molar-refractivity contribution in [2.24, 2.45) is 0 Å². The van der Waals surface area contributed by atoms with Crippen molar-refractivity contribution in [1.82, 2.24) is 20.1 Å². The van der Waals surface area contributed by atoms with Crippen LogP contribution in [0.15, 0.2) is 42.6 Å². The number of amides is 2. The SMILES string of the molecule is C[C@@H]1CN(CC(=O)N2CC(C)(C)c3ncc(C(F)(F)c4ccccc4)cc32)[C@@H](CN2CCCC2=O)CN1. The molecule has 4 heterocycles. The first-order valence-corrected chi connectivity index (χ1v) is 13.1. The summed E-state index contributed by atoms with van der Waals surface area (Å²) in [6.07, 6.45) is 2.69. The van der Waals surface area contributed by atoms with Crippen LogP contribution >= 0.6 is 0 Å². The molecule has 5 rings (SSSR count). The lowest BCUT2D eigenvalue weighted by Crippen LogP contribution is -2.60. The third-order valence-electron chi connectivity index (χ3n) is 7.82. The van der Waals surface area contributed by atoms with Crippen molar-refractivity contribution < 1.29 is 18.4 Å². The Morgan fingerprint density at radius 1 is 1.22 bits per heavy atom. The average Bonchev–Trinajstić information content (AvgIpc) is 3.40. The van der Waals surface area contributed by atoms with Crippen LogP contribution in [0.1, 0.15) is 50.4 Å². The zero-order valence-corrected chi connectivity index (χ0v) is 21.7. The molecule has 2 amide bonds. The van der Waals surface area contributed by atoms with Gasteiger partial charge in [-0.1, -0.05) is 44.2 Å². The van der Waals surface area contributed by atoms with Crippen molar-refractivity contribution in [3.8, 4) is 0 Å². The van der Waals surface area contributed by atoms with Crippen molar-refractivity contribution in [3.63, 3.8) is 0 Å². The van der Waals surface area contributed by atoms with E-state index >= 15 is 8.78 Å². The first kappa shape index (κ1) is 25.7. The summed E-state index contributed by atoms with van der Waals surface area (Å²) in [6, 6.07) is 9.33. The van der Waals surface area contributed by atoms with Crippen LogP contribution < -0.4 is 10.2 Å². The minimum absolute atomic E-state index is 0.0177. The number of halogens is 2. The molecular weight excluding hydrogens is 476 g/mol. The molecule has 2 fully saturated rings. The van der Waals surface area contributed by atoms with E-state index in [2.05, 4.69) is 22.1 Å². The van der Waals surface area contributed by atoms with Gasteiger partial charge in [0.2, 0.25) is 11.8 Å². The zero-order chi connectivity index (χ0) is 26.4. The summed E-state index contributed by atoms with van der Waals surface area (Å²) >= 11 is 0. The van der Waals surface area contributed by atoms with Gasteiger partial charge in [0.1, 0.15) is 0 Å². The van der Waals surface area contributed by atoms with E-state index in [1.807, 2.05) is 18.7 Å². The van der Waals surface area contributed by atoms with E-state index in [4.69, 9.17) is 0 Å². The third kappa shape index (κ3) is 4.99. The number of pyridine rings is 1. The molecule has 2 aromatic rings. The summed E-state index contributed by atoms with van der Waals surface area (Å²) in [5.74, 6) is -3.20. The van der Waals surface area contributed by atoms with Crippen molar-refractivity contribution in [2.75, 3.05) is 44.2 Å². The maximum Gasteiger partial charge on any atom is 0.300 e. The zero-order valence-electron chi connectivity index (χ0n) is 21.7. The molecule has 3 aliphatic rings. The number of nitrogens with zero attached hydrogens (tertiary/aromatic N) is 4. The average molecular weight is 512 g/mol. The Hall–Kier alpha value is -2.91. The number of aromatic nitrogens is 1. The topological polar surface area (TPSA) is 68.8 Å². The second kappa shape index (κ2) is 9.76. The van der Waals surface area contributed by atoms with Gasteiger partial charge < -0.3 is 15.1 Å². The Morgan fingerprint density at radius 2 is 1.97 bits per heavy atom. The van der Waals surface area contributed by atoms with Gasteiger partial charge in [-0.2, -0.15) is 8.78 Å². The van der Waals surface area contributed by atoms with Gasteiger partial charge in [0, 0.05) is 74.0 Å². The number of hydrogen-bond acceptors (Lipinski definition) is 5. The van der Waals surface area contributed by atoms with Crippen molar-refractivity contribution in [2.45, 2.75) is 57.0 Å². The molecule has 1 aromatic heterocycles. The highest BCUT2D eigenvalue weighted by molar-refractivity contribution is 5.97. The summed E-state index contributed by atoms with van der Waals surface area (Å²) in [5, 5.41) is 3.46. The molecule has 0 radical (unpaired) electrons. The fraction of sp³-hybridized carbons (Fsp3) is 0.536. The molecule has 37 heavy (non-hydrogen) atoms. The predicted octanol–water partition coefficient (Wildman–Crippen LogP) is 3.13. The van der Waals surface area contributed by atoms with Crippen LogP contribution in [0.25, 0.3) is 0 Å². The smallest absolute Gasteiger partial charge is 0.300 e. The van der Waals surface area contributed by atoms with Gasteiger partial charge in [0.15, 0.2) is 0 Å². The second-order valence-electron chi connectivity index (χ2n) is 11.2. The highest BCUT2D eigenvalue weighted by atomic mass is 19.3. The second-order valence-corrected chi connectivity index (χ2v) is 11.2. The molecule has 2 saturated heterocycles. The number of hydrogen-bond donors (Lipinski definition) is 1.